The molecule has 88 valence electrons. The molecule has 7 heteroatoms. The Hall–Kier alpha value is -1.89. The number of nitrogens with zero attached hydrogens (tertiary/aromatic N) is 2. The fourth-order valence-corrected chi connectivity index (χ4v) is 1.02. The summed E-state index contributed by atoms with van der Waals surface area (Å²) in [5.74, 6) is -1.43. The standard InChI is InChI=1S/C9H13N3O4/c13-8(6-16-7-9(14)15)10-3-5-12-4-1-2-11-12/h1-2,4H,3,5-7H2,(H,10,13)(H,14,15). The Bertz CT molecular complexity index is 337. The second-order valence-corrected chi connectivity index (χ2v) is 3.01. The number of carboxylic acid groups (broad SMARTS) is 1. The first-order valence-corrected chi connectivity index (χ1v) is 4.72. The Kier molecular flexibility index (Phi) is 5.00. The van der Waals surface area contributed by atoms with Crippen LogP contribution in [0.5, 0.6) is 0 Å². The summed E-state index contributed by atoms with van der Waals surface area (Å²) >= 11 is 0. The first-order chi connectivity index (χ1) is 7.68. The molecule has 0 bridgehead atoms. The van der Waals surface area contributed by atoms with Crippen molar-refractivity contribution in [1.82, 2.24) is 15.1 Å². The predicted molar refractivity (Wildman–Crippen MR) is 53.7 cm³/mol. The SMILES string of the molecule is O=C(O)COCC(=O)NCCn1cccn1. The zero-order valence-electron chi connectivity index (χ0n) is 8.63. The van der Waals surface area contributed by atoms with Gasteiger partial charge in [0, 0.05) is 18.9 Å². The van der Waals surface area contributed by atoms with Crippen LogP contribution in [0, 0.1) is 0 Å². The molecule has 1 aromatic rings. The van der Waals surface area contributed by atoms with E-state index in [1.54, 1.807) is 23.1 Å². The number of nitrogens with one attached hydrogen (secondary N) is 1. The van der Waals surface area contributed by atoms with Crippen molar-refractivity contribution in [3.8, 4) is 0 Å². The van der Waals surface area contributed by atoms with E-state index in [-0.39, 0.29) is 12.5 Å². The van der Waals surface area contributed by atoms with Crippen molar-refractivity contribution < 1.29 is 19.4 Å². The summed E-state index contributed by atoms with van der Waals surface area (Å²) in [6, 6.07) is 1.79. The van der Waals surface area contributed by atoms with E-state index in [1.807, 2.05) is 0 Å². The monoisotopic (exact) mass is 227 g/mol. The van der Waals surface area contributed by atoms with Gasteiger partial charge < -0.3 is 15.2 Å². The summed E-state index contributed by atoms with van der Waals surface area (Å²) in [7, 11) is 0. The maximum Gasteiger partial charge on any atom is 0.329 e. The van der Waals surface area contributed by atoms with Gasteiger partial charge in [0.1, 0.15) is 13.2 Å². The molecule has 1 rings (SSSR count). The fourth-order valence-electron chi connectivity index (χ4n) is 1.02. The summed E-state index contributed by atoms with van der Waals surface area (Å²) in [6.45, 7) is 0.284. The van der Waals surface area contributed by atoms with Crippen molar-refractivity contribution in [1.29, 1.82) is 0 Å². The molecule has 0 aliphatic rings. The summed E-state index contributed by atoms with van der Waals surface area (Å²) in [4.78, 5) is 21.2. The predicted octanol–water partition coefficient (Wildman–Crippen LogP) is -0.899. The highest BCUT2D eigenvalue weighted by molar-refractivity contribution is 5.77. The van der Waals surface area contributed by atoms with Crippen LogP contribution < -0.4 is 5.32 Å². The van der Waals surface area contributed by atoms with Crippen LogP contribution in [-0.2, 0) is 20.9 Å². The lowest BCUT2D eigenvalue weighted by molar-refractivity contribution is -0.143. The van der Waals surface area contributed by atoms with Crippen LogP contribution >= 0.6 is 0 Å². The molecule has 0 saturated heterocycles. The fraction of sp³-hybridized carbons (Fsp3) is 0.444. The number of rotatable bonds is 7. The highest BCUT2D eigenvalue weighted by atomic mass is 16.5. The number of carboxylic acids is 1. The topological polar surface area (TPSA) is 93.5 Å². The number of ether oxygens (including phenoxy) is 1. The largest absolute Gasteiger partial charge is 0.480 e. The third-order valence-electron chi connectivity index (χ3n) is 1.68. The Morgan fingerprint density at radius 2 is 2.25 bits per heavy atom. The maximum atomic E-state index is 11.1. The molecular weight excluding hydrogens is 214 g/mol. The molecule has 1 aromatic heterocycles. The van der Waals surface area contributed by atoms with Crippen LogP contribution in [0.2, 0.25) is 0 Å². The van der Waals surface area contributed by atoms with Crippen LogP contribution in [0.3, 0.4) is 0 Å². The molecule has 0 atom stereocenters. The van der Waals surface area contributed by atoms with Gasteiger partial charge in [-0.2, -0.15) is 5.10 Å². The lowest BCUT2D eigenvalue weighted by Crippen LogP contribution is -2.31. The summed E-state index contributed by atoms with van der Waals surface area (Å²) < 4.78 is 6.29. The van der Waals surface area contributed by atoms with Crippen molar-refractivity contribution in [2.45, 2.75) is 6.54 Å². The minimum atomic E-state index is -1.09. The normalized spacial score (nSPS) is 10.0. The molecule has 1 amide bonds. The van der Waals surface area contributed by atoms with Crippen LogP contribution in [0.4, 0.5) is 0 Å². The first kappa shape index (κ1) is 12.2. The smallest absolute Gasteiger partial charge is 0.329 e. The molecule has 0 unspecified atom stereocenters. The van der Waals surface area contributed by atoms with E-state index >= 15 is 0 Å². The lowest BCUT2D eigenvalue weighted by Gasteiger charge is -2.05. The van der Waals surface area contributed by atoms with Crippen molar-refractivity contribution in [2.75, 3.05) is 19.8 Å². The van der Waals surface area contributed by atoms with Crippen LogP contribution in [0.15, 0.2) is 18.5 Å². The van der Waals surface area contributed by atoms with E-state index in [1.165, 1.54) is 0 Å². The van der Waals surface area contributed by atoms with Gasteiger partial charge in [0.2, 0.25) is 5.91 Å². The van der Waals surface area contributed by atoms with Gasteiger partial charge in [-0.15, -0.1) is 0 Å². The zero-order chi connectivity index (χ0) is 11.8. The number of carbonyl (C=O) groups excluding carboxylic acids is 1. The van der Waals surface area contributed by atoms with Crippen molar-refractivity contribution in [3.63, 3.8) is 0 Å². The first-order valence-electron chi connectivity index (χ1n) is 4.72. The van der Waals surface area contributed by atoms with Gasteiger partial charge in [0.25, 0.3) is 0 Å². The molecule has 0 saturated carbocycles. The van der Waals surface area contributed by atoms with E-state index in [9.17, 15) is 9.59 Å². The van der Waals surface area contributed by atoms with Crippen LogP contribution in [0.25, 0.3) is 0 Å². The maximum absolute atomic E-state index is 11.1. The molecule has 2 N–H and O–H groups in total. The highest BCUT2D eigenvalue weighted by Gasteiger charge is 2.02. The summed E-state index contributed by atoms with van der Waals surface area (Å²) in [5, 5.41) is 14.8. The minimum Gasteiger partial charge on any atom is -0.480 e. The highest BCUT2D eigenvalue weighted by Crippen LogP contribution is 1.82. The van der Waals surface area contributed by atoms with E-state index in [4.69, 9.17) is 5.11 Å². The van der Waals surface area contributed by atoms with Crippen molar-refractivity contribution in [3.05, 3.63) is 18.5 Å². The second kappa shape index (κ2) is 6.57. The molecule has 0 aliphatic heterocycles. The number of amides is 1. The Labute approximate surface area is 92.0 Å². The quantitative estimate of drug-likeness (QED) is 0.629. The van der Waals surface area contributed by atoms with Gasteiger partial charge in [-0.3, -0.25) is 9.48 Å². The molecule has 0 fully saturated rings. The number of hydrogen-bond acceptors (Lipinski definition) is 4. The van der Waals surface area contributed by atoms with Gasteiger partial charge in [-0.25, -0.2) is 4.79 Å². The number of carbonyl (C=O) groups is 2. The number of aliphatic carboxylic acids is 1. The van der Waals surface area contributed by atoms with Crippen molar-refractivity contribution >= 4 is 11.9 Å². The van der Waals surface area contributed by atoms with E-state index in [0.29, 0.717) is 13.1 Å². The summed E-state index contributed by atoms with van der Waals surface area (Å²) in [5.41, 5.74) is 0. The molecule has 0 spiro atoms. The number of hydrogen-bond donors (Lipinski definition) is 2. The molecule has 1 heterocycles. The molecule has 7 nitrogen and oxygen atoms in total. The minimum absolute atomic E-state index is 0.245. The van der Waals surface area contributed by atoms with Gasteiger partial charge in [-0.05, 0) is 6.07 Å². The van der Waals surface area contributed by atoms with Crippen LogP contribution in [-0.4, -0.2) is 46.5 Å². The van der Waals surface area contributed by atoms with E-state index in [2.05, 4.69) is 15.2 Å². The Morgan fingerprint density at radius 3 is 2.88 bits per heavy atom. The molecule has 0 aliphatic carbocycles. The zero-order valence-corrected chi connectivity index (χ0v) is 8.63. The van der Waals surface area contributed by atoms with Gasteiger partial charge in [0.15, 0.2) is 0 Å². The summed E-state index contributed by atoms with van der Waals surface area (Å²) in [6.07, 6.45) is 3.44. The van der Waals surface area contributed by atoms with E-state index in [0.717, 1.165) is 0 Å². The number of aromatic nitrogens is 2. The molecular formula is C9H13N3O4. The van der Waals surface area contributed by atoms with Gasteiger partial charge >= 0.3 is 5.97 Å². The molecule has 16 heavy (non-hydrogen) atoms. The molecule has 0 aromatic carbocycles. The van der Waals surface area contributed by atoms with Gasteiger partial charge in [-0.1, -0.05) is 0 Å². The van der Waals surface area contributed by atoms with Crippen LogP contribution in [0.1, 0.15) is 0 Å². The third-order valence-corrected chi connectivity index (χ3v) is 1.68. The molecule has 0 radical (unpaired) electrons. The Balaban J connectivity index is 2.04. The average molecular weight is 227 g/mol. The third kappa shape index (κ3) is 5.11. The average Bonchev–Trinajstić information content (AvgIpc) is 2.70. The Morgan fingerprint density at radius 1 is 1.44 bits per heavy atom. The lowest BCUT2D eigenvalue weighted by atomic mass is 10.5. The van der Waals surface area contributed by atoms with Gasteiger partial charge in [0.05, 0.1) is 6.54 Å². The van der Waals surface area contributed by atoms with Crippen molar-refractivity contribution in [2.24, 2.45) is 0 Å². The van der Waals surface area contributed by atoms with E-state index < -0.39 is 12.6 Å². The second-order valence-electron chi connectivity index (χ2n) is 3.01.